The van der Waals surface area contributed by atoms with E-state index >= 15 is 0 Å². The van der Waals surface area contributed by atoms with Crippen molar-refractivity contribution in [1.82, 2.24) is 9.80 Å². The maximum Gasteiger partial charge on any atom is 0.0448 e. The van der Waals surface area contributed by atoms with E-state index in [1.807, 2.05) is 0 Å². The summed E-state index contributed by atoms with van der Waals surface area (Å²) in [5.74, 6) is 1.31. The predicted molar refractivity (Wildman–Crippen MR) is 81.2 cm³/mol. The zero-order chi connectivity index (χ0) is 13.2. The number of piperazine rings is 1. The van der Waals surface area contributed by atoms with Crippen molar-refractivity contribution in [2.24, 2.45) is 5.73 Å². The molecule has 2 fully saturated rings. The molecule has 2 unspecified atom stereocenters. The van der Waals surface area contributed by atoms with Crippen molar-refractivity contribution >= 4 is 11.8 Å². The van der Waals surface area contributed by atoms with E-state index in [9.17, 15) is 0 Å². The smallest absolute Gasteiger partial charge is 0.0448 e. The lowest BCUT2D eigenvalue weighted by Gasteiger charge is -2.52. The first-order valence-corrected chi connectivity index (χ1v) is 8.46. The minimum Gasteiger partial charge on any atom is -0.329 e. The van der Waals surface area contributed by atoms with Crippen LogP contribution in [0.1, 0.15) is 33.6 Å². The lowest BCUT2D eigenvalue weighted by Crippen LogP contribution is -2.65. The van der Waals surface area contributed by atoms with Gasteiger partial charge in [0.25, 0.3) is 0 Å². The van der Waals surface area contributed by atoms with E-state index < -0.39 is 0 Å². The van der Waals surface area contributed by atoms with Crippen LogP contribution in [-0.4, -0.2) is 65.1 Å². The van der Waals surface area contributed by atoms with Gasteiger partial charge in [0.05, 0.1) is 0 Å². The molecule has 0 radical (unpaired) electrons. The van der Waals surface area contributed by atoms with Crippen LogP contribution in [0.2, 0.25) is 0 Å². The molecular weight excluding hydrogens is 242 g/mol. The number of nitrogens with two attached hydrogens (primary N) is 1. The van der Waals surface area contributed by atoms with Gasteiger partial charge in [-0.15, -0.1) is 0 Å². The van der Waals surface area contributed by atoms with Crippen LogP contribution in [0.3, 0.4) is 0 Å². The van der Waals surface area contributed by atoms with E-state index in [-0.39, 0.29) is 5.54 Å². The number of nitrogens with zero attached hydrogens (tertiary/aromatic N) is 2. The van der Waals surface area contributed by atoms with Gasteiger partial charge in [0.2, 0.25) is 0 Å². The second-order valence-corrected chi connectivity index (χ2v) is 7.49. The molecule has 2 aliphatic heterocycles. The van der Waals surface area contributed by atoms with Gasteiger partial charge in [0, 0.05) is 49.6 Å². The molecular formula is C14H29N3S. The minimum atomic E-state index is 0.270. The molecule has 0 aromatic heterocycles. The van der Waals surface area contributed by atoms with Crippen molar-refractivity contribution in [1.29, 1.82) is 0 Å². The van der Waals surface area contributed by atoms with Crippen molar-refractivity contribution in [2.75, 3.05) is 38.5 Å². The van der Waals surface area contributed by atoms with Gasteiger partial charge >= 0.3 is 0 Å². The summed E-state index contributed by atoms with van der Waals surface area (Å²) in [6.45, 7) is 12.6. The van der Waals surface area contributed by atoms with E-state index in [1.54, 1.807) is 0 Å². The minimum absolute atomic E-state index is 0.270. The quantitative estimate of drug-likeness (QED) is 0.845. The maximum atomic E-state index is 6.19. The lowest BCUT2D eigenvalue weighted by molar-refractivity contribution is 0.0197. The number of thioether (sulfide) groups is 1. The first-order chi connectivity index (χ1) is 8.60. The van der Waals surface area contributed by atoms with E-state index in [0.29, 0.717) is 11.3 Å². The second-order valence-electron chi connectivity index (χ2n) is 6.04. The molecule has 0 spiro atoms. The third kappa shape index (κ3) is 2.72. The van der Waals surface area contributed by atoms with Crippen LogP contribution in [-0.2, 0) is 0 Å². The Balaban J connectivity index is 2.01. The third-order valence-corrected chi connectivity index (χ3v) is 6.37. The molecule has 0 saturated carbocycles. The Morgan fingerprint density at radius 3 is 2.44 bits per heavy atom. The molecule has 2 heterocycles. The molecule has 0 amide bonds. The summed E-state index contributed by atoms with van der Waals surface area (Å²) in [6.07, 6.45) is 2.62. The number of rotatable bonds is 3. The molecule has 0 bridgehead atoms. The van der Waals surface area contributed by atoms with Gasteiger partial charge in [0.15, 0.2) is 0 Å². The Kier molecular flexibility index (Phi) is 4.98. The van der Waals surface area contributed by atoms with Gasteiger partial charge in [-0.2, -0.15) is 11.8 Å². The number of hydrogen-bond donors (Lipinski definition) is 1. The van der Waals surface area contributed by atoms with Gasteiger partial charge in [-0.05, 0) is 32.4 Å². The lowest BCUT2D eigenvalue weighted by atomic mass is 9.86. The molecule has 4 heteroatoms. The Morgan fingerprint density at radius 2 is 1.94 bits per heavy atom. The van der Waals surface area contributed by atoms with Crippen molar-refractivity contribution in [3.63, 3.8) is 0 Å². The summed E-state index contributed by atoms with van der Waals surface area (Å²) in [5.41, 5.74) is 6.46. The van der Waals surface area contributed by atoms with Crippen LogP contribution in [0.5, 0.6) is 0 Å². The fourth-order valence-corrected chi connectivity index (χ4v) is 4.83. The summed E-state index contributed by atoms with van der Waals surface area (Å²) in [7, 11) is 0. The summed E-state index contributed by atoms with van der Waals surface area (Å²) in [5, 5.41) is 0.682. The van der Waals surface area contributed by atoms with Crippen LogP contribution >= 0.6 is 11.8 Å². The highest BCUT2D eigenvalue weighted by Crippen LogP contribution is 2.38. The van der Waals surface area contributed by atoms with Gasteiger partial charge in [-0.25, -0.2) is 0 Å². The first kappa shape index (κ1) is 14.6. The van der Waals surface area contributed by atoms with Crippen LogP contribution < -0.4 is 5.73 Å². The topological polar surface area (TPSA) is 32.5 Å². The molecule has 2 rings (SSSR count). The van der Waals surface area contributed by atoms with Gasteiger partial charge in [-0.3, -0.25) is 9.80 Å². The molecule has 2 saturated heterocycles. The first-order valence-electron chi connectivity index (χ1n) is 7.41. The molecule has 0 aliphatic carbocycles. The molecule has 2 aliphatic rings. The summed E-state index contributed by atoms with van der Waals surface area (Å²) in [6, 6.07) is 0.680. The Hall–Kier alpha value is 0.230. The van der Waals surface area contributed by atoms with Crippen molar-refractivity contribution in [3.05, 3.63) is 0 Å². The van der Waals surface area contributed by atoms with E-state index in [1.165, 1.54) is 44.8 Å². The highest BCUT2D eigenvalue weighted by molar-refractivity contribution is 8.00. The summed E-state index contributed by atoms with van der Waals surface area (Å²) in [4.78, 5) is 5.28. The molecule has 18 heavy (non-hydrogen) atoms. The third-order valence-electron chi connectivity index (χ3n) is 4.91. The fourth-order valence-electron chi connectivity index (χ4n) is 3.49. The van der Waals surface area contributed by atoms with Gasteiger partial charge in [0.1, 0.15) is 0 Å². The van der Waals surface area contributed by atoms with Crippen molar-refractivity contribution < 1.29 is 0 Å². The molecule has 0 aromatic carbocycles. The van der Waals surface area contributed by atoms with Crippen LogP contribution in [0.4, 0.5) is 0 Å². The maximum absolute atomic E-state index is 6.19. The Labute approximate surface area is 116 Å². The molecule has 106 valence electrons. The van der Waals surface area contributed by atoms with Crippen LogP contribution in [0.25, 0.3) is 0 Å². The van der Waals surface area contributed by atoms with Crippen LogP contribution in [0.15, 0.2) is 0 Å². The predicted octanol–water partition coefficient (Wildman–Crippen LogP) is 1.63. The van der Waals surface area contributed by atoms with Crippen molar-refractivity contribution in [3.8, 4) is 0 Å². The molecule has 2 N–H and O–H groups in total. The van der Waals surface area contributed by atoms with E-state index in [2.05, 4.69) is 42.3 Å². The molecule has 3 nitrogen and oxygen atoms in total. The summed E-state index contributed by atoms with van der Waals surface area (Å²) < 4.78 is 0. The highest BCUT2D eigenvalue weighted by atomic mass is 32.2. The zero-order valence-corrected chi connectivity index (χ0v) is 13.0. The monoisotopic (exact) mass is 271 g/mol. The SMILES string of the molecule is CC(C)N1CCN(C2(CN)CCCSC2C)CC1. The van der Waals surface area contributed by atoms with Crippen LogP contribution in [0, 0.1) is 0 Å². The Morgan fingerprint density at radius 1 is 1.28 bits per heavy atom. The average Bonchev–Trinajstić information content (AvgIpc) is 2.40. The second kappa shape index (κ2) is 6.12. The number of hydrogen-bond acceptors (Lipinski definition) is 4. The van der Waals surface area contributed by atoms with Crippen molar-refractivity contribution in [2.45, 2.75) is 50.4 Å². The van der Waals surface area contributed by atoms with Gasteiger partial charge < -0.3 is 5.73 Å². The van der Waals surface area contributed by atoms with E-state index in [0.717, 1.165) is 6.54 Å². The summed E-state index contributed by atoms with van der Waals surface area (Å²) >= 11 is 2.12. The highest BCUT2D eigenvalue weighted by Gasteiger charge is 2.43. The normalized spacial score (nSPS) is 36.2. The largest absolute Gasteiger partial charge is 0.329 e. The molecule has 0 aromatic rings. The van der Waals surface area contributed by atoms with Gasteiger partial charge in [-0.1, -0.05) is 6.92 Å². The molecule has 2 atom stereocenters. The van der Waals surface area contributed by atoms with E-state index in [4.69, 9.17) is 5.73 Å². The zero-order valence-electron chi connectivity index (χ0n) is 12.2. The fraction of sp³-hybridized carbons (Fsp3) is 1.00. The Bertz CT molecular complexity index is 264. The standard InChI is InChI=1S/C14H29N3S/c1-12(2)16-6-8-17(9-7-16)14(11-15)5-4-10-18-13(14)3/h12-13H,4-11,15H2,1-3H3. The average molecular weight is 271 g/mol.